The normalized spacial score (nSPS) is 16.5. The number of thioether (sulfide) groups is 1. The molecule has 6 nitrogen and oxygen atoms in total. The molecule has 2 aromatic heterocycles. The lowest BCUT2D eigenvalue weighted by Gasteiger charge is -2.24. The van der Waals surface area contributed by atoms with Gasteiger partial charge in [0.1, 0.15) is 5.75 Å². The predicted octanol–water partition coefficient (Wildman–Crippen LogP) is 3.94. The number of hydrogen-bond acceptors (Lipinski definition) is 6. The van der Waals surface area contributed by atoms with Crippen LogP contribution < -0.4 is 4.74 Å². The lowest BCUT2D eigenvalue weighted by molar-refractivity contribution is 0.0962. The van der Waals surface area contributed by atoms with Crippen LogP contribution in [0.15, 0.2) is 35.6 Å². The van der Waals surface area contributed by atoms with Crippen molar-refractivity contribution in [3.05, 3.63) is 47.3 Å². The number of para-hydroxylation sites is 1. The highest BCUT2D eigenvalue weighted by atomic mass is 32.2. The van der Waals surface area contributed by atoms with Crippen LogP contribution in [0.25, 0.3) is 5.78 Å². The van der Waals surface area contributed by atoms with Gasteiger partial charge >= 0.3 is 0 Å². The van der Waals surface area contributed by atoms with E-state index in [2.05, 4.69) is 22.0 Å². The molecule has 1 aliphatic rings. The topological polar surface area (TPSA) is 69.4 Å². The molecule has 27 heavy (non-hydrogen) atoms. The molecule has 0 saturated carbocycles. The van der Waals surface area contributed by atoms with E-state index >= 15 is 0 Å². The molecule has 0 amide bonds. The van der Waals surface area contributed by atoms with Crippen molar-refractivity contribution < 1.29 is 9.53 Å². The molecule has 1 aliphatic carbocycles. The highest BCUT2D eigenvalue weighted by Crippen LogP contribution is 2.36. The SMILES string of the molecule is CCCCSc1nc2nc3c(cn2n1)C(=O)C[C@@H](c1ccccc1OC)C3. The average Bonchev–Trinajstić information content (AvgIpc) is 3.08. The molecule has 0 radical (unpaired) electrons. The number of fused-ring (bicyclic) bond motifs is 2. The predicted molar refractivity (Wildman–Crippen MR) is 105 cm³/mol. The third kappa shape index (κ3) is 3.56. The van der Waals surface area contributed by atoms with E-state index in [-0.39, 0.29) is 11.7 Å². The maximum Gasteiger partial charge on any atom is 0.253 e. The van der Waals surface area contributed by atoms with E-state index < -0.39 is 0 Å². The van der Waals surface area contributed by atoms with Crippen molar-refractivity contribution in [2.75, 3.05) is 12.9 Å². The van der Waals surface area contributed by atoms with Crippen LogP contribution >= 0.6 is 11.8 Å². The Kier molecular flexibility index (Phi) is 5.11. The standard InChI is InChI=1S/C20H22N4O2S/c1-3-4-9-27-20-22-19-21-16-10-13(14-7-5-6-8-18(14)26-2)11-17(25)15(16)12-24(19)23-20/h5-8,12-13H,3-4,9-11H2,1-2H3/t13-/m0/s1. The second-order valence-electron chi connectivity index (χ2n) is 6.71. The third-order valence-electron chi connectivity index (χ3n) is 4.87. The van der Waals surface area contributed by atoms with Crippen LogP contribution in [0, 0.1) is 0 Å². The van der Waals surface area contributed by atoms with E-state index in [0.717, 1.165) is 35.6 Å². The van der Waals surface area contributed by atoms with E-state index in [9.17, 15) is 4.79 Å². The highest BCUT2D eigenvalue weighted by Gasteiger charge is 2.30. The molecule has 4 rings (SSSR count). The van der Waals surface area contributed by atoms with Crippen molar-refractivity contribution in [3.8, 4) is 5.75 Å². The monoisotopic (exact) mass is 382 g/mol. The summed E-state index contributed by atoms with van der Waals surface area (Å²) in [5.74, 6) is 2.52. The molecule has 3 aromatic rings. The average molecular weight is 382 g/mol. The summed E-state index contributed by atoms with van der Waals surface area (Å²) < 4.78 is 7.11. The van der Waals surface area contributed by atoms with Gasteiger partial charge < -0.3 is 4.74 Å². The number of methoxy groups -OCH3 is 1. The summed E-state index contributed by atoms with van der Waals surface area (Å²) in [5, 5.41) is 5.18. The molecule has 0 aliphatic heterocycles. The van der Waals surface area contributed by atoms with Crippen LogP contribution in [0.4, 0.5) is 0 Å². The number of nitrogens with zero attached hydrogens (tertiary/aromatic N) is 4. The molecular formula is C20H22N4O2S. The first-order valence-corrected chi connectivity index (χ1v) is 10.2. The zero-order valence-corrected chi connectivity index (χ0v) is 16.3. The summed E-state index contributed by atoms with van der Waals surface area (Å²) >= 11 is 1.63. The molecule has 1 aromatic carbocycles. The molecule has 140 valence electrons. The van der Waals surface area contributed by atoms with Crippen LogP contribution in [0.5, 0.6) is 5.75 Å². The summed E-state index contributed by atoms with van der Waals surface area (Å²) in [7, 11) is 1.66. The molecular weight excluding hydrogens is 360 g/mol. The van der Waals surface area contributed by atoms with E-state index in [1.54, 1.807) is 29.6 Å². The second kappa shape index (κ2) is 7.68. The van der Waals surface area contributed by atoms with Gasteiger partial charge in [0.2, 0.25) is 5.16 Å². The number of ketones is 1. The molecule has 0 unspecified atom stereocenters. The van der Waals surface area contributed by atoms with Gasteiger partial charge in [-0.15, -0.1) is 5.10 Å². The lowest BCUT2D eigenvalue weighted by atomic mass is 9.82. The number of rotatable bonds is 6. The van der Waals surface area contributed by atoms with E-state index in [1.807, 2.05) is 24.3 Å². The minimum atomic E-state index is 0.0671. The maximum absolute atomic E-state index is 12.8. The molecule has 0 fully saturated rings. The van der Waals surface area contributed by atoms with Crippen LogP contribution in [0.2, 0.25) is 0 Å². The summed E-state index contributed by atoms with van der Waals surface area (Å²) in [6, 6.07) is 7.88. The van der Waals surface area contributed by atoms with E-state index in [0.29, 0.717) is 29.3 Å². The number of carbonyl (C=O) groups excluding carboxylic acids is 1. The number of ether oxygens (including phenoxy) is 1. The van der Waals surface area contributed by atoms with Gasteiger partial charge in [0.25, 0.3) is 5.78 Å². The summed E-state index contributed by atoms with van der Waals surface area (Å²) in [4.78, 5) is 22.0. The van der Waals surface area contributed by atoms with Crippen molar-refractivity contribution in [2.24, 2.45) is 0 Å². The minimum Gasteiger partial charge on any atom is -0.496 e. The fourth-order valence-electron chi connectivity index (χ4n) is 3.46. The van der Waals surface area contributed by atoms with Gasteiger partial charge in [-0.1, -0.05) is 43.3 Å². The van der Waals surface area contributed by atoms with Gasteiger partial charge in [-0.3, -0.25) is 4.79 Å². The summed E-state index contributed by atoms with van der Waals surface area (Å²) in [6.07, 6.45) is 5.21. The molecule has 1 atom stereocenters. The van der Waals surface area contributed by atoms with Crippen molar-refractivity contribution in [1.29, 1.82) is 0 Å². The van der Waals surface area contributed by atoms with E-state index in [1.165, 1.54) is 0 Å². The van der Waals surface area contributed by atoms with Gasteiger partial charge in [0, 0.05) is 24.3 Å². The van der Waals surface area contributed by atoms with Crippen LogP contribution in [0.3, 0.4) is 0 Å². The van der Waals surface area contributed by atoms with Crippen LogP contribution in [-0.4, -0.2) is 38.2 Å². The Morgan fingerprint density at radius 2 is 2.11 bits per heavy atom. The molecule has 7 heteroatoms. The smallest absolute Gasteiger partial charge is 0.253 e. The zero-order valence-electron chi connectivity index (χ0n) is 15.5. The highest BCUT2D eigenvalue weighted by molar-refractivity contribution is 7.99. The van der Waals surface area contributed by atoms with Gasteiger partial charge in [0.05, 0.1) is 18.4 Å². The molecule has 0 spiro atoms. The Labute approximate surface area is 162 Å². The van der Waals surface area contributed by atoms with Crippen molar-refractivity contribution >= 4 is 23.3 Å². The van der Waals surface area contributed by atoms with E-state index in [4.69, 9.17) is 4.74 Å². The van der Waals surface area contributed by atoms with Gasteiger partial charge in [-0.2, -0.15) is 4.98 Å². The van der Waals surface area contributed by atoms with Crippen molar-refractivity contribution in [3.63, 3.8) is 0 Å². The van der Waals surface area contributed by atoms with Crippen molar-refractivity contribution in [1.82, 2.24) is 19.6 Å². The minimum absolute atomic E-state index is 0.0671. The number of carbonyl (C=O) groups is 1. The van der Waals surface area contributed by atoms with Gasteiger partial charge in [-0.05, 0) is 24.5 Å². The first-order valence-electron chi connectivity index (χ1n) is 9.24. The fraction of sp³-hybridized carbons (Fsp3) is 0.400. The summed E-state index contributed by atoms with van der Waals surface area (Å²) in [6.45, 7) is 2.16. The Morgan fingerprint density at radius 1 is 1.26 bits per heavy atom. The second-order valence-corrected chi connectivity index (χ2v) is 7.77. The molecule has 0 saturated heterocycles. The van der Waals surface area contributed by atoms with Gasteiger partial charge in [0.15, 0.2) is 5.78 Å². The Balaban J connectivity index is 1.65. The lowest BCUT2D eigenvalue weighted by Crippen LogP contribution is -2.21. The quantitative estimate of drug-likeness (QED) is 0.475. The number of hydrogen-bond donors (Lipinski definition) is 0. The van der Waals surface area contributed by atoms with Gasteiger partial charge in [-0.25, -0.2) is 9.50 Å². The fourth-order valence-corrected chi connectivity index (χ4v) is 4.36. The Bertz CT molecular complexity index is 985. The number of unbranched alkanes of at least 4 members (excludes halogenated alkanes) is 1. The first kappa shape index (κ1) is 18.0. The maximum atomic E-state index is 12.8. The molecule has 2 heterocycles. The third-order valence-corrected chi connectivity index (χ3v) is 5.79. The Morgan fingerprint density at radius 3 is 2.93 bits per heavy atom. The molecule has 0 bridgehead atoms. The summed E-state index contributed by atoms with van der Waals surface area (Å²) in [5.41, 5.74) is 2.51. The number of Topliss-reactive ketones (excluding diaryl/α,β-unsaturated/α-hetero) is 1. The number of aromatic nitrogens is 4. The van der Waals surface area contributed by atoms with Crippen LogP contribution in [0.1, 0.15) is 53.7 Å². The molecule has 0 N–H and O–H groups in total. The number of benzene rings is 1. The Hall–Kier alpha value is -2.41. The zero-order chi connectivity index (χ0) is 18.8. The van der Waals surface area contributed by atoms with Crippen LogP contribution in [-0.2, 0) is 6.42 Å². The van der Waals surface area contributed by atoms with Crippen molar-refractivity contribution in [2.45, 2.75) is 43.7 Å². The first-order chi connectivity index (χ1) is 13.2. The largest absolute Gasteiger partial charge is 0.496 e.